The van der Waals surface area contributed by atoms with Crippen LogP contribution in [0.4, 0.5) is 0 Å². The molecule has 0 radical (unpaired) electrons. The van der Waals surface area contributed by atoms with Crippen LogP contribution in [0, 0.1) is 24.2 Å². The zero-order valence-corrected chi connectivity index (χ0v) is 23.1. The minimum absolute atomic E-state index is 0.161. The van der Waals surface area contributed by atoms with Crippen LogP contribution in [0.1, 0.15) is 59.4 Å². The summed E-state index contributed by atoms with van der Waals surface area (Å²) < 4.78 is 0. The lowest BCUT2D eigenvalue weighted by atomic mass is 10.00. The molecule has 0 spiro atoms. The van der Waals surface area contributed by atoms with Crippen molar-refractivity contribution in [3.05, 3.63) is 75.9 Å². The number of carbonyl (C=O) groups is 3. The third-order valence-corrected chi connectivity index (χ3v) is 8.58. The Kier molecular flexibility index (Phi) is 7.49. The zero-order valence-electron chi connectivity index (χ0n) is 22.3. The first-order valence-corrected chi connectivity index (χ1v) is 14.1. The summed E-state index contributed by atoms with van der Waals surface area (Å²) in [6.45, 7) is 6.86. The van der Waals surface area contributed by atoms with Crippen LogP contribution >= 0.6 is 11.3 Å². The van der Waals surface area contributed by atoms with E-state index < -0.39 is 12.1 Å². The average Bonchev–Trinajstić information content (AvgIpc) is 3.67. The van der Waals surface area contributed by atoms with Crippen molar-refractivity contribution in [2.45, 2.75) is 58.8 Å². The summed E-state index contributed by atoms with van der Waals surface area (Å²) in [5, 5.41) is 12.5. The minimum atomic E-state index is -0.715. The van der Waals surface area contributed by atoms with Gasteiger partial charge in [-0.2, -0.15) is 5.26 Å². The lowest BCUT2D eigenvalue weighted by Gasteiger charge is -2.35. The van der Waals surface area contributed by atoms with E-state index in [1.807, 2.05) is 50.5 Å². The molecular formula is C30H31N5O3S. The number of hydrogen-bond acceptors (Lipinski definition) is 6. The molecule has 0 saturated carbocycles. The van der Waals surface area contributed by atoms with Gasteiger partial charge in [0.05, 0.1) is 27.7 Å². The molecule has 3 heterocycles. The molecule has 1 fully saturated rings. The van der Waals surface area contributed by atoms with E-state index in [4.69, 9.17) is 0 Å². The Bertz CT molecular complexity index is 1460. The fraction of sp³-hybridized carbons (Fsp3) is 0.367. The molecule has 3 aromatic rings. The predicted octanol–water partition coefficient (Wildman–Crippen LogP) is 4.28. The number of rotatable bonds is 7. The number of aryl methyl sites for hydroxylation is 1. The summed E-state index contributed by atoms with van der Waals surface area (Å²) in [5.41, 5.74) is 6.48. The van der Waals surface area contributed by atoms with Crippen LogP contribution in [0.5, 0.6) is 0 Å². The van der Waals surface area contributed by atoms with Crippen molar-refractivity contribution in [2.75, 3.05) is 6.54 Å². The van der Waals surface area contributed by atoms with Crippen LogP contribution in [0.3, 0.4) is 0 Å². The summed E-state index contributed by atoms with van der Waals surface area (Å²) in [5.74, 6) is -0.808. The van der Waals surface area contributed by atoms with Crippen LogP contribution < -0.4 is 5.32 Å². The zero-order chi connectivity index (χ0) is 27.7. The number of likely N-dealkylation sites (tertiary alicyclic amines) is 1. The molecule has 2 aliphatic heterocycles. The third kappa shape index (κ3) is 5.04. The quantitative estimate of drug-likeness (QED) is 0.481. The highest BCUT2D eigenvalue weighted by molar-refractivity contribution is 7.13. The van der Waals surface area contributed by atoms with Gasteiger partial charge in [-0.15, -0.1) is 11.3 Å². The fourth-order valence-electron chi connectivity index (χ4n) is 5.60. The molecule has 0 bridgehead atoms. The Morgan fingerprint density at radius 1 is 1.21 bits per heavy atom. The smallest absolute Gasteiger partial charge is 0.255 e. The Morgan fingerprint density at radius 2 is 1.97 bits per heavy atom. The number of carbonyl (C=O) groups excluding carboxylic acids is 3. The van der Waals surface area contributed by atoms with Gasteiger partial charge in [-0.1, -0.05) is 44.2 Å². The highest BCUT2D eigenvalue weighted by Gasteiger charge is 2.44. The van der Waals surface area contributed by atoms with Crippen molar-refractivity contribution in [3.63, 3.8) is 0 Å². The topological polar surface area (TPSA) is 106 Å². The summed E-state index contributed by atoms with van der Waals surface area (Å²) in [6, 6.07) is 14.0. The summed E-state index contributed by atoms with van der Waals surface area (Å²) >= 11 is 1.60. The number of benzene rings is 2. The first kappa shape index (κ1) is 26.6. The minimum Gasteiger partial charge on any atom is -0.350 e. The molecule has 3 amide bonds. The second kappa shape index (κ2) is 11.0. The Balaban J connectivity index is 1.27. The number of fused-ring (bicyclic) bond motifs is 1. The molecule has 2 aromatic carbocycles. The van der Waals surface area contributed by atoms with E-state index in [1.54, 1.807) is 39.3 Å². The van der Waals surface area contributed by atoms with Gasteiger partial charge >= 0.3 is 0 Å². The van der Waals surface area contributed by atoms with E-state index in [-0.39, 0.29) is 30.2 Å². The molecule has 5 rings (SSSR count). The van der Waals surface area contributed by atoms with Crippen LogP contribution in [0.25, 0.3) is 10.4 Å². The normalized spacial score (nSPS) is 17.3. The van der Waals surface area contributed by atoms with Crippen molar-refractivity contribution in [3.8, 4) is 16.5 Å². The lowest BCUT2D eigenvalue weighted by Crippen LogP contribution is -2.55. The maximum Gasteiger partial charge on any atom is 0.255 e. The molecule has 1 saturated heterocycles. The summed E-state index contributed by atoms with van der Waals surface area (Å²) in [4.78, 5) is 49.0. The second-order valence-electron chi connectivity index (χ2n) is 10.4. The van der Waals surface area contributed by atoms with Crippen molar-refractivity contribution in [2.24, 2.45) is 5.92 Å². The molecule has 2 aliphatic rings. The van der Waals surface area contributed by atoms with Crippen molar-refractivity contribution in [1.82, 2.24) is 20.1 Å². The molecular weight excluding hydrogens is 510 g/mol. The van der Waals surface area contributed by atoms with E-state index >= 15 is 0 Å². The third-order valence-electron chi connectivity index (χ3n) is 7.60. The van der Waals surface area contributed by atoms with E-state index in [2.05, 4.69) is 16.4 Å². The second-order valence-corrected chi connectivity index (χ2v) is 11.3. The Hall–Kier alpha value is -4.03. The number of nitrogens with zero attached hydrogens (tertiary/aromatic N) is 4. The van der Waals surface area contributed by atoms with Gasteiger partial charge in [0.1, 0.15) is 12.1 Å². The number of hydrogen-bond donors (Lipinski definition) is 1. The lowest BCUT2D eigenvalue weighted by molar-refractivity contribution is -0.143. The van der Waals surface area contributed by atoms with Gasteiger partial charge < -0.3 is 15.1 Å². The van der Waals surface area contributed by atoms with Gasteiger partial charge in [0.15, 0.2) is 0 Å². The van der Waals surface area contributed by atoms with Crippen molar-refractivity contribution in [1.29, 1.82) is 5.26 Å². The first-order chi connectivity index (χ1) is 18.8. The number of aromatic nitrogens is 1. The highest BCUT2D eigenvalue weighted by Crippen LogP contribution is 2.32. The van der Waals surface area contributed by atoms with Gasteiger partial charge in [0.2, 0.25) is 11.8 Å². The average molecular weight is 542 g/mol. The van der Waals surface area contributed by atoms with Gasteiger partial charge in [0.25, 0.3) is 5.91 Å². The maximum absolute atomic E-state index is 13.9. The fourth-order valence-corrected chi connectivity index (χ4v) is 6.41. The molecule has 1 unspecified atom stereocenters. The van der Waals surface area contributed by atoms with Crippen molar-refractivity contribution < 1.29 is 14.4 Å². The molecule has 1 N–H and O–H groups in total. The van der Waals surface area contributed by atoms with Gasteiger partial charge in [-0.3, -0.25) is 14.4 Å². The Morgan fingerprint density at radius 3 is 2.64 bits per heavy atom. The summed E-state index contributed by atoms with van der Waals surface area (Å²) in [7, 11) is 0. The van der Waals surface area contributed by atoms with Gasteiger partial charge in [-0.05, 0) is 48.9 Å². The van der Waals surface area contributed by atoms with E-state index in [0.717, 1.165) is 28.1 Å². The number of amides is 3. The van der Waals surface area contributed by atoms with Crippen LogP contribution in [0.15, 0.2) is 48.0 Å². The largest absolute Gasteiger partial charge is 0.350 e. The number of nitrogens with one attached hydrogen (secondary N) is 1. The molecule has 9 heteroatoms. The van der Waals surface area contributed by atoms with E-state index in [1.165, 1.54) is 0 Å². The first-order valence-electron chi connectivity index (χ1n) is 13.2. The number of thiazole rings is 1. The van der Waals surface area contributed by atoms with Gasteiger partial charge in [-0.25, -0.2) is 4.98 Å². The molecule has 39 heavy (non-hydrogen) atoms. The van der Waals surface area contributed by atoms with Crippen molar-refractivity contribution >= 4 is 29.1 Å². The molecule has 200 valence electrons. The number of nitriles is 1. The van der Waals surface area contributed by atoms with Crippen LogP contribution in [-0.4, -0.2) is 51.1 Å². The summed E-state index contributed by atoms with van der Waals surface area (Å²) in [6.07, 6.45) is 1.31. The molecule has 0 aliphatic carbocycles. The van der Waals surface area contributed by atoms with Crippen LogP contribution in [0.2, 0.25) is 0 Å². The van der Waals surface area contributed by atoms with E-state index in [0.29, 0.717) is 36.2 Å². The molecule has 2 atom stereocenters. The standard InChI is InChI=1S/C30H31N5O3S/c1-18(2)26(35-16-24-22(14-31)6-4-7-23(24)29(35)37)30(38)34-13-5-8-25(34)28(36)32-15-20-9-11-21(12-10-20)27-19(3)33-17-39-27/h4,6-7,9-12,17-18,25-26H,5,8,13,15-16H2,1-3H3,(H,32,36)/t25-,26?/m0/s1. The van der Waals surface area contributed by atoms with Gasteiger partial charge in [0, 0.05) is 30.8 Å². The molecule has 8 nitrogen and oxygen atoms in total. The maximum atomic E-state index is 13.9. The Labute approximate surface area is 232 Å². The highest BCUT2D eigenvalue weighted by atomic mass is 32.1. The molecule has 1 aromatic heterocycles. The monoisotopic (exact) mass is 541 g/mol. The van der Waals surface area contributed by atoms with Crippen LogP contribution in [-0.2, 0) is 22.7 Å². The predicted molar refractivity (Wildman–Crippen MR) is 149 cm³/mol. The SMILES string of the molecule is Cc1ncsc1-c1ccc(CNC(=O)[C@@H]2CCCN2C(=O)C(C(C)C)N2Cc3c(C#N)cccc3C2=O)cc1. The van der Waals surface area contributed by atoms with E-state index in [9.17, 15) is 19.6 Å².